The summed E-state index contributed by atoms with van der Waals surface area (Å²) in [6, 6.07) is 0. The Morgan fingerprint density at radius 2 is 2.10 bits per heavy atom. The number of nitrogens with one attached hydrogen (secondary N) is 1. The van der Waals surface area contributed by atoms with Crippen molar-refractivity contribution in [1.82, 2.24) is 5.32 Å². The molecule has 0 radical (unpaired) electrons. The zero-order valence-electron chi connectivity index (χ0n) is 5.41. The van der Waals surface area contributed by atoms with Crippen molar-refractivity contribution in [2.45, 2.75) is 0 Å². The maximum Gasteiger partial charge on any atom is 0.207 e. The molecular formula is C5H9NO3S. The molecule has 0 aliphatic carbocycles. The highest BCUT2D eigenvalue weighted by molar-refractivity contribution is 7.94. The monoisotopic (exact) mass is 163 g/mol. The van der Waals surface area contributed by atoms with Crippen LogP contribution in [-0.2, 0) is 14.6 Å². The van der Waals surface area contributed by atoms with E-state index in [1.165, 1.54) is 0 Å². The molecule has 1 amide bonds. The average Bonchev–Trinajstić information content (AvgIpc) is 1.89. The molecule has 10 heavy (non-hydrogen) atoms. The zero-order valence-corrected chi connectivity index (χ0v) is 6.23. The highest BCUT2D eigenvalue weighted by Gasteiger charge is 2.01. The van der Waals surface area contributed by atoms with E-state index in [1.54, 1.807) is 0 Å². The standard InChI is InChI=1S/C5H9NO3S/c1-2-10(8,9)4-3-6-5-7/h2,5H,1,3-4H2,(H,6,7). The van der Waals surface area contributed by atoms with Gasteiger partial charge in [0.25, 0.3) is 0 Å². The zero-order chi connectivity index (χ0) is 8.04. The molecule has 0 fully saturated rings. The van der Waals surface area contributed by atoms with Gasteiger partial charge in [0.1, 0.15) is 0 Å². The van der Waals surface area contributed by atoms with Gasteiger partial charge in [0.05, 0.1) is 5.75 Å². The first-order valence-corrected chi connectivity index (χ1v) is 4.36. The summed E-state index contributed by atoms with van der Waals surface area (Å²) in [5, 5.41) is 3.11. The van der Waals surface area contributed by atoms with Gasteiger partial charge in [-0.25, -0.2) is 8.42 Å². The largest absolute Gasteiger partial charge is 0.358 e. The topological polar surface area (TPSA) is 63.2 Å². The van der Waals surface area contributed by atoms with Crippen molar-refractivity contribution < 1.29 is 13.2 Å². The number of carbonyl (C=O) groups excluding carboxylic acids is 1. The Kier molecular flexibility index (Phi) is 3.71. The van der Waals surface area contributed by atoms with Crippen LogP contribution in [0.3, 0.4) is 0 Å². The van der Waals surface area contributed by atoms with Gasteiger partial charge < -0.3 is 5.32 Å². The van der Waals surface area contributed by atoms with Crippen molar-refractivity contribution in [2.24, 2.45) is 0 Å². The SMILES string of the molecule is C=CS(=O)(=O)CCNC=O. The number of rotatable bonds is 5. The van der Waals surface area contributed by atoms with Gasteiger partial charge in [-0.1, -0.05) is 6.58 Å². The molecular weight excluding hydrogens is 154 g/mol. The lowest BCUT2D eigenvalue weighted by atomic mass is 10.8. The van der Waals surface area contributed by atoms with Gasteiger partial charge in [0.2, 0.25) is 6.41 Å². The van der Waals surface area contributed by atoms with Crippen LogP contribution in [0.2, 0.25) is 0 Å². The van der Waals surface area contributed by atoms with Gasteiger partial charge in [0, 0.05) is 12.0 Å². The Balaban J connectivity index is 3.69. The molecule has 5 heteroatoms. The third-order valence-electron chi connectivity index (χ3n) is 0.868. The summed E-state index contributed by atoms with van der Waals surface area (Å²) in [4.78, 5) is 9.65. The first kappa shape index (κ1) is 9.16. The highest BCUT2D eigenvalue weighted by Crippen LogP contribution is 1.86. The van der Waals surface area contributed by atoms with Crippen LogP contribution in [0.25, 0.3) is 0 Å². The van der Waals surface area contributed by atoms with Crippen LogP contribution >= 0.6 is 0 Å². The van der Waals surface area contributed by atoms with Gasteiger partial charge in [0.15, 0.2) is 9.84 Å². The lowest BCUT2D eigenvalue weighted by Gasteiger charge is -1.95. The van der Waals surface area contributed by atoms with Crippen LogP contribution in [0.1, 0.15) is 0 Å². The normalized spacial score (nSPS) is 10.4. The van der Waals surface area contributed by atoms with Crippen LogP contribution in [0, 0.1) is 0 Å². The lowest BCUT2D eigenvalue weighted by molar-refractivity contribution is -0.109. The summed E-state index contributed by atoms with van der Waals surface area (Å²) < 4.78 is 21.2. The molecule has 0 heterocycles. The number of hydrogen-bond acceptors (Lipinski definition) is 3. The quantitative estimate of drug-likeness (QED) is 0.430. The van der Waals surface area contributed by atoms with Gasteiger partial charge in [-0.05, 0) is 0 Å². The van der Waals surface area contributed by atoms with Gasteiger partial charge in [-0.2, -0.15) is 0 Å². The second kappa shape index (κ2) is 4.05. The molecule has 0 unspecified atom stereocenters. The van der Waals surface area contributed by atoms with Crippen molar-refractivity contribution in [1.29, 1.82) is 0 Å². The summed E-state index contributed by atoms with van der Waals surface area (Å²) >= 11 is 0. The maximum absolute atomic E-state index is 10.6. The molecule has 0 spiro atoms. The Bertz CT molecular complexity index is 207. The number of hydrogen-bond donors (Lipinski definition) is 1. The Morgan fingerprint density at radius 3 is 2.50 bits per heavy atom. The molecule has 1 N–H and O–H groups in total. The minimum Gasteiger partial charge on any atom is -0.358 e. The summed E-state index contributed by atoms with van der Waals surface area (Å²) in [7, 11) is -3.15. The molecule has 0 saturated carbocycles. The number of carbonyl (C=O) groups is 1. The fourth-order valence-corrected chi connectivity index (χ4v) is 0.912. The first-order valence-electron chi connectivity index (χ1n) is 2.64. The molecule has 0 aromatic rings. The second-order valence-corrected chi connectivity index (χ2v) is 3.67. The van der Waals surface area contributed by atoms with E-state index in [9.17, 15) is 13.2 Å². The molecule has 0 aliphatic rings. The van der Waals surface area contributed by atoms with Crippen molar-refractivity contribution in [3.63, 3.8) is 0 Å². The molecule has 0 atom stereocenters. The van der Waals surface area contributed by atoms with Gasteiger partial charge in [-0.3, -0.25) is 4.79 Å². The molecule has 0 aliphatic heterocycles. The van der Waals surface area contributed by atoms with Gasteiger partial charge >= 0.3 is 0 Å². The average molecular weight is 163 g/mol. The Hall–Kier alpha value is -0.840. The molecule has 58 valence electrons. The Morgan fingerprint density at radius 1 is 1.50 bits per heavy atom. The number of amides is 1. The Labute approximate surface area is 59.8 Å². The van der Waals surface area contributed by atoms with Crippen molar-refractivity contribution in [3.8, 4) is 0 Å². The van der Waals surface area contributed by atoms with Crippen molar-refractivity contribution in [3.05, 3.63) is 12.0 Å². The summed E-state index contributed by atoms with van der Waals surface area (Å²) in [6.45, 7) is 3.24. The molecule has 0 aromatic heterocycles. The van der Waals surface area contributed by atoms with Crippen molar-refractivity contribution in [2.75, 3.05) is 12.3 Å². The van der Waals surface area contributed by atoms with E-state index in [0.29, 0.717) is 6.41 Å². The third kappa shape index (κ3) is 4.08. The van der Waals surface area contributed by atoms with E-state index in [1.807, 2.05) is 0 Å². The predicted molar refractivity (Wildman–Crippen MR) is 38.1 cm³/mol. The summed E-state index contributed by atoms with van der Waals surface area (Å²) in [5.41, 5.74) is 0. The smallest absolute Gasteiger partial charge is 0.207 e. The number of sulfone groups is 1. The minimum absolute atomic E-state index is 0.0881. The molecule has 4 nitrogen and oxygen atoms in total. The molecule has 0 bridgehead atoms. The molecule has 0 saturated heterocycles. The van der Waals surface area contributed by atoms with E-state index in [-0.39, 0.29) is 12.3 Å². The lowest BCUT2D eigenvalue weighted by Crippen LogP contribution is -2.20. The van der Waals surface area contributed by atoms with E-state index < -0.39 is 9.84 Å². The van der Waals surface area contributed by atoms with Crippen LogP contribution in [-0.4, -0.2) is 27.1 Å². The fourth-order valence-electron chi connectivity index (χ4n) is 0.343. The van der Waals surface area contributed by atoms with Gasteiger partial charge in [-0.15, -0.1) is 0 Å². The minimum atomic E-state index is -3.15. The van der Waals surface area contributed by atoms with Crippen molar-refractivity contribution >= 4 is 16.2 Å². The van der Waals surface area contributed by atoms with Crippen LogP contribution in [0.15, 0.2) is 12.0 Å². The second-order valence-electron chi connectivity index (χ2n) is 1.61. The van der Waals surface area contributed by atoms with E-state index in [2.05, 4.69) is 11.9 Å². The summed E-state index contributed by atoms with van der Waals surface area (Å²) in [6.07, 6.45) is 0.457. The third-order valence-corrected chi connectivity index (χ3v) is 2.15. The maximum atomic E-state index is 10.6. The fraction of sp³-hybridized carbons (Fsp3) is 0.400. The highest BCUT2D eigenvalue weighted by atomic mass is 32.2. The van der Waals surface area contributed by atoms with E-state index in [4.69, 9.17) is 0 Å². The van der Waals surface area contributed by atoms with Crippen LogP contribution in [0.4, 0.5) is 0 Å². The molecule has 0 rings (SSSR count). The first-order chi connectivity index (χ1) is 4.62. The van der Waals surface area contributed by atoms with Crippen LogP contribution in [0.5, 0.6) is 0 Å². The predicted octanol–water partition coefficient (Wildman–Crippen LogP) is -0.709. The summed E-state index contributed by atoms with van der Waals surface area (Å²) in [5.74, 6) is -0.0881. The molecule has 0 aromatic carbocycles. The van der Waals surface area contributed by atoms with E-state index in [0.717, 1.165) is 5.41 Å². The van der Waals surface area contributed by atoms with Crippen LogP contribution < -0.4 is 5.32 Å². The van der Waals surface area contributed by atoms with E-state index >= 15 is 0 Å².